The highest BCUT2D eigenvalue weighted by Gasteiger charge is 2.37. The van der Waals surface area contributed by atoms with Gasteiger partial charge in [-0.2, -0.15) is 4.98 Å². The fourth-order valence-corrected chi connectivity index (χ4v) is 4.37. The molecular weight excluding hydrogens is 486 g/mol. The van der Waals surface area contributed by atoms with Crippen LogP contribution in [0.2, 0.25) is 0 Å². The Morgan fingerprint density at radius 1 is 1.16 bits per heavy atom. The van der Waals surface area contributed by atoms with Gasteiger partial charge in [-0.05, 0) is 43.7 Å². The van der Waals surface area contributed by atoms with Gasteiger partial charge in [0.25, 0.3) is 5.91 Å². The first-order valence-electron chi connectivity index (χ1n) is 12.0. The number of rotatable bonds is 9. The molecule has 38 heavy (non-hydrogen) atoms. The van der Waals surface area contributed by atoms with Crippen molar-refractivity contribution < 1.29 is 19.1 Å². The molecule has 10 heteroatoms. The summed E-state index contributed by atoms with van der Waals surface area (Å²) in [6.45, 7) is 7.63. The quantitative estimate of drug-likeness (QED) is 0.224. The molecule has 0 aliphatic carbocycles. The molecule has 1 unspecified atom stereocenters. The van der Waals surface area contributed by atoms with E-state index < -0.39 is 23.5 Å². The van der Waals surface area contributed by atoms with Crippen molar-refractivity contribution in [3.8, 4) is 5.75 Å². The van der Waals surface area contributed by atoms with Gasteiger partial charge in [0.15, 0.2) is 5.82 Å². The molecule has 1 aliphatic rings. The number of hydrogen-bond acceptors (Lipinski definition) is 8. The Kier molecular flexibility index (Phi) is 7.91. The first kappa shape index (κ1) is 26.2. The van der Waals surface area contributed by atoms with Crippen LogP contribution in [0, 0.1) is 0 Å². The molecule has 0 bridgehead atoms. The molecule has 0 fully saturated rings. The van der Waals surface area contributed by atoms with Crippen molar-refractivity contribution >= 4 is 23.5 Å². The number of allylic oxidation sites excluding steroid dienone is 2. The van der Waals surface area contributed by atoms with E-state index in [-0.39, 0.29) is 19.0 Å². The van der Waals surface area contributed by atoms with Gasteiger partial charge in [-0.1, -0.05) is 36.4 Å². The molecule has 3 aromatic rings. The summed E-state index contributed by atoms with van der Waals surface area (Å²) >= 11 is 0. The van der Waals surface area contributed by atoms with Gasteiger partial charge in [0.2, 0.25) is 0 Å². The standard InChI is InChI=1S/C28H29N5O5/c1-5-16-33-25-23(22(18-10-8-7-9-11-18)21(17(3)29-25)27(35)38-6-2)24(30-28(33)36)31-32-26(34)19-12-14-20(37-4)15-13-19/h5,7-15,22,29H,1,6,16H2,2-4H3,(H,32,34)(H,30,31,36). The molecule has 1 aliphatic heterocycles. The lowest BCUT2D eigenvalue weighted by atomic mass is 9.82. The number of nitrogens with zero attached hydrogens (tertiary/aromatic N) is 2. The van der Waals surface area contributed by atoms with E-state index in [9.17, 15) is 14.4 Å². The van der Waals surface area contributed by atoms with Gasteiger partial charge in [0.05, 0.1) is 25.2 Å². The monoisotopic (exact) mass is 515 g/mol. The van der Waals surface area contributed by atoms with Crippen LogP contribution in [0.5, 0.6) is 5.75 Å². The summed E-state index contributed by atoms with van der Waals surface area (Å²) in [4.78, 5) is 43.3. The first-order valence-corrected chi connectivity index (χ1v) is 12.0. The molecule has 3 N–H and O–H groups in total. The number of nitrogens with one attached hydrogen (secondary N) is 3. The lowest BCUT2D eigenvalue weighted by molar-refractivity contribution is -0.138. The fourth-order valence-electron chi connectivity index (χ4n) is 4.37. The second-order valence-corrected chi connectivity index (χ2v) is 8.44. The van der Waals surface area contributed by atoms with Crippen molar-refractivity contribution in [1.29, 1.82) is 0 Å². The van der Waals surface area contributed by atoms with Gasteiger partial charge in [0, 0.05) is 23.4 Å². The molecule has 0 saturated heterocycles. The summed E-state index contributed by atoms with van der Waals surface area (Å²) < 4.78 is 12.0. The van der Waals surface area contributed by atoms with Crippen LogP contribution in [-0.2, 0) is 16.1 Å². The molecule has 4 rings (SSSR count). The van der Waals surface area contributed by atoms with Gasteiger partial charge in [0.1, 0.15) is 11.6 Å². The van der Waals surface area contributed by atoms with E-state index in [0.717, 1.165) is 5.56 Å². The van der Waals surface area contributed by atoms with Crippen molar-refractivity contribution in [3.05, 3.63) is 106 Å². The average molecular weight is 516 g/mol. The van der Waals surface area contributed by atoms with E-state index in [0.29, 0.717) is 34.0 Å². The number of fused-ring (bicyclic) bond motifs is 1. The number of carbonyl (C=O) groups is 2. The summed E-state index contributed by atoms with van der Waals surface area (Å²) in [7, 11) is 1.54. The lowest BCUT2D eigenvalue weighted by Gasteiger charge is -2.32. The highest BCUT2D eigenvalue weighted by molar-refractivity contribution is 5.96. The molecule has 2 heterocycles. The number of benzene rings is 2. The SMILES string of the molecule is C=CCn1c2c(c(NNC(=O)c3ccc(OC)cc3)nc1=O)C(c1ccccc1)C(C(=O)OCC)=C(C)N2. The zero-order valence-electron chi connectivity index (χ0n) is 21.4. The Hall–Kier alpha value is -4.86. The Morgan fingerprint density at radius 2 is 1.87 bits per heavy atom. The van der Waals surface area contributed by atoms with Crippen LogP contribution in [0.25, 0.3) is 0 Å². The maximum absolute atomic E-state index is 13.2. The maximum atomic E-state index is 13.2. The molecule has 1 aromatic heterocycles. The summed E-state index contributed by atoms with van der Waals surface area (Å²) in [6.07, 6.45) is 1.58. The number of ether oxygens (including phenoxy) is 2. The third-order valence-electron chi connectivity index (χ3n) is 6.09. The average Bonchev–Trinajstić information content (AvgIpc) is 2.93. The second-order valence-electron chi connectivity index (χ2n) is 8.44. The minimum Gasteiger partial charge on any atom is -0.497 e. The summed E-state index contributed by atoms with van der Waals surface area (Å²) in [5.41, 5.74) is 7.45. The lowest BCUT2D eigenvalue weighted by Crippen LogP contribution is -2.37. The van der Waals surface area contributed by atoms with E-state index in [2.05, 4.69) is 27.7 Å². The van der Waals surface area contributed by atoms with E-state index in [1.165, 1.54) is 11.7 Å². The van der Waals surface area contributed by atoms with E-state index in [1.54, 1.807) is 44.2 Å². The minimum absolute atomic E-state index is 0.0998. The number of anilines is 2. The molecule has 1 amide bonds. The van der Waals surface area contributed by atoms with Crippen LogP contribution in [0.1, 0.15) is 41.3 Å². The van der Waals surface area contributed by atoms with Gasteiger partial charge in [-0.15, -0.1) is 6.58 Å². The zero-order chi connectivity index (χ0) is 27.2. The van der Waals surface area contributed by atoms with E-state index in [1.807, 2.05) is 30.3 Å². The molecule has 0 spiro atoms. The van der Waals surface area contributed by atoms with Gasteiger partial charge in [-0.3, -0.25) is 20.2 Å². The molecule has 1 atom stereocenters. The van der Waals surface area contributed by atoms with Crippen molar-refractivity contribution in [2.24, 2.45) is 0 Å². The van der Waals surface area contributed by atoms with Gasteiger partial charge < -0.3 is 14.8 Å². The van der Waals surface area contributed by atoms with Gasteiger partial charge >= 0.3 is 11.7 Å². The van der Waals surface area contributed by atoms with Crippen molar-refractivity contribution in [2.75, 3.05) is 24.5 Å². The number of hydrogen-bond donors (Lipinski definition) is 3. The second kappa shape index (κ2) is 11.5. The van der Waals surface area contributed by atoms with E-state index in [4.69, 9.17) is 9.47 Å². The number of hydrazine groups is 1. The summed E-state index contributed by atoms with van der Waals surface area (Å²) in [6, 6.07) is 15.9. The molecule has 2 aromatic carbocycles. The summed E-state index contributed by atoms with van der Waals surface area (Å²) in [5.74, 6) is -0.437. The topological polar surface area (TPSA) is 124 Å². The molecule has 10 nitrogen and oxygen atoms in total. The third kappa shape index (κ3) is 5.15. The highest BCUT2D eigenvalue weighted by atomic mass is 16.5. The van der Waals surface area contributed by atoms with Crippen LogP contribution in [0.15, 0.2) is 83.3 Å². The maximum Gasteiger partial charge on any atom is 0.351 e. The number of carbonyl (C=O) groups excluding carboxylic acids is 2. The minimum atomic E-state index is -0.643. The van der Waals surface area contributed by atoms with Crippen LogP contribution < -0.4 is 26.6 Å². The predicted octanol–water partition coefficient (Wildman–Crippen LogP) is 3.59. The Morgan fingerprint density at radius 3 is 2.50 bits per heavy atom. The Bertz CT molecular complexity index is 1440. The molecule has 0 saturated carbocycles. The Labute approximate surface area is 220 Å². The van der Waals surface area contributed by atoms with Crippen LogP contribution in [0.4, 0.5) is 11.6 Å². The molecule has 0 radical (unpaired) electrons. The largest absolute Gasteiger partial charge is 0.497 e. The van der Waals surface area contributed by atoms with E-state index >= 15 is 0 Å². The number of methoxy groups -OCH3 is 1. The van der Waals surface area contributed by atoms with Crippen molar-refractivity contribution in [2.45, 2.75) is 26.3 Å². The summed E-state index contributed by atoms with van der Waals surface area (Å²) in [5, 5.41) is 3.20. The fraction of sp³-hybridized carbons (Fsp3) is 0.214. The van der Waals surface area contributed by atoms with Crippen LogP contribution in [0.3, 0.4) is 0 Å². The Balaban J connectivity index is 1.84. The number of amides is 1. The highest BCUT2D eigenvalue weighted by Crippen LogP contribution is 2.44. The van der Waals surface area contributed by atoms with Crippen molar-refractivity contribution in [3.63, 3.8) is 0 Å². The molecular formula is C28H29N5O5. The van der Waals surface area contributed by atoms with Crippen molar-refractivity contribution in [1.82, 2.24) is 15.0 Å². The number of esters is 1. The third-order valence-corrected chi connectivity index (χ3v) is 6.09. The number of aromatic nitrogens is 2. The predicted molar refractivity (Wildman–Crippen MR) is 144 cm³/mol. The normalized spacial score (nSPS) is 14.1. The zero-order valence-corrected chi connectivity index (χ0v) is 21.4. The van der Waals surface area contributed by atoms with Gasteiger partial charge in [-0.25, -0.2) is 9.59 Å². The van der Waals surface area contributed by atoms with Crippen LogP contribution in [-0.4, -0.2) is 35.1 Å². The van der Waals surface area contributed by atoms with Crippen LogP contribution >= 0.6 is 0 Å². The molecule has 196 valence electrons. The smallest absolute Gasteiger partial charge is 0.351 e. The first-order chi connectivity index (χ1) is 18.4.